The van der Waals surface area contributed by atoms with E-state index in [2.05, 4.69) is 30.5 Å². The molecule has 0 unspecified atom stereocenters. The second-order valence-electron chi connectivity index (χ2n) is 6.42. The SMILES string of the molecule is O=C(c1cccnc1Oc1ccc(Br)cc1)N1CCn2c1nc1ccccc12. The number of hydrogen-bond donors (Lipinski definition) is 0. The van der Waals surface area contributed by atoms with Gasteiger partial charge in [0.05, 0.1) is 11.0 Å². The summed E-state index contributed by atoms with van der Waals surface area (Å²) in [4.78, 5) is 23.9. The van der Waals surface area contributed by atoms with E-state index in [1.165, 1.54) is 0 Å². The van der Waals surface area contributed by atoms with Crippen molar-refractivity contribution in [3.63, 3.8) is 0 Å². The van der Waals surface area contributed by atoms with Crippen LogP contribution >= 0.6 is 15.9 Å². The van der Waals surface area contributed by atoms with E-state index in [0.29, 0.717) is 30.4 Å². The number of halogens is 1. The summed E-state index contributed by atoms with van der Waals surface area (Å²) in [5.41, 5.74) is 2.32. The van der Waals surface area contributed by atoms with Crippen LogP contribution in [0.3, 0.4) is 0 Å². The zero-order valence-corrected chi connectivity index (χ0v) is 16.3. The summed E-state index contributed by atoms with van der Waals surface area (Å²) in [5.74, 6) is 1.38. The van der Waals surface area contributed by atoms with Crippen molar-refractivity contribution in [2.45, 2.75) is 6.54 Å². The number of ether oxygens (including phenoxy) is 1. The molecule has 7 heteroatoms. The van der Waals surface area contributed by atoms with Gasteiger partial charge in [-0.15, -0.1) is 0 Å². The van der Waals surface area contributed by atoms with Gasteiger partial charge in [-0.3, -0.25) is 9.69 Å². The molecule has 5 rings (SSSR count). The van der Waals surface area contributed by atoms with Crippen molar-refractivity contribution in [3.8, 4) is 11.6 Å². The number of rotatable bonds is 3. The van der Waals surface area contributed by atoms with Crippen LogP contribution < -0.4 is 9.64 Å². The number of hydrogen-bond acceptors (Lipinski definition) is 4. The Morgan fingerprint density at radius 2 is 1.82 bits per heavy atom. The summed E-state index contributed by atoms with van der Waals surface area (Å²) in [6.45, 7) is 1.28. The highest BCUT2D eigenvalue weighted by molar-refractivity contribution is 9.10. The molecule has 1 amide bonds. The normalized spacial score (nSPS) is 13.0. The van der Waals surface area contributed by atoms with Gasteiger partial charge in [0.25, 0.3) is 5.91 Å². The molecule has 4 aromatic rings. The molecule has 0 saturated heterocycles. The first-order valence-corrected chi connectivity index (χ1v) is 9.65. The average molecular weight is 435 g/mol. The van der Waals surface area contributed by atoms with E-state index in [1.54, 1.807) is 23.2 Å². The van der Waals surface area contributed by atoms with Gasteiger partial charge in [-0.2, -0.15) is 0 Å². The third kappa shape index (κ3) is 2.84. The lowest BCUT2D eigenvalue weighted by atomic mass is 10.2. The fourth-order valence-electron chi connectivity index (χ4n) is 3.38. The number of benzene rings is 2. The van der Waals surface area contributed by atoms with Gasteiger partial charge in [0.2, 0.25) is 11.8 Å². The quantitative estimate of drug-likeness (QED) is 0.470. The number of carbonyl (C=O) groups excluding carboxylic acids is 1. The Bertz CT molecular complexity index is 1190. The van der Waals surface area contributed by atoms with Crippen LogP contribution in [0.25, 0.3) is 11.0 Å². The Morgan fingerprint density at radius 1 is 1.00 bits per heavy atom. The van der Waals surface area contributed by atoms with E-state index in [-0.39, 0.29) is 11.8 Å². The van der Waals surface area contributed by atoms with Gasteiger partial charge in [-0.1, -0.05) is 28.1 Å². The lowest BCUT2D eigenvalue weighted by Crippen LogP contribution is -2.29. The smallest absolute Gasteiger partial charge is 0.266 e. The summed E-state index contributed by atoms with van der Waals surface area (Å²) in [7, 11) is 0. The van der Waals surface area contributed by atoms with E-state index in [1.807, 2.05) is 48.5 Å². The molecule has 2 aromatic carbocycles. The van der Waals surface area contributed by atoms with E-state index in [9.17, 15) is 4.79 Å². The molecular formula is C21H15BrN4O2. The topological polar surface area (TPSA) is 60.2 Å². The molecule has 1 aliphatic heterocycles. The molecule has 1 aliphatic rings. The van der Waals surface area contributed by atoms with Crippen LogP contribution in [0.5, 0.6) is 11.6 Å². The van der Waals surface area contributed by atoms with Gasteiger partial charge in [0.15, 0.2) is 0 Å². The molecule has 0 aliphatic carbocycles. The lowest BCUT2D eigenvalue weighted by molar-refractivity contribution is 0.0986. The van der Waals surface area contributed by atoms with Gasteiger partial charge in [-0.05, 0) is 48.5 Å². The van der Waals surface area contributed by atoms with Gasteiger partial charge in [-0.25, -0.2) is 9.97 Å². The molecule has 138 valence electrons. The molecule has 0 atom stereocenters. The molecular weight excluding hydrogens is 420 g/mol. The predicted molar refractivity (Wildman–Crippen MR) is 110 cm³/mol. The summed E-state index contributed by atoms with van der Waals surface area (Å²) in [5, 5.41) is 0. The minimum Gasteiger partial charge on any atom is -0.438 e. The van der Waals surface area contributed by atoms with Crippen LogP contribution in [0, 0.1) is 0 Å². The van der Waals surface area contributed by atoms with Crippen LogP contribution in [0.15, 0.2) is 71.3 Å². The number of imidazole rings is 1. The number of nitrogens with zero attached hydrogens (tertiary/aromatic N) is 4. The zero-order valence-electron chi connectivity index (χ0n) is 14.7. The zero-order chi connectivity index (χ0) is 19.1. The molecule has 3 heterocycles. The number of fused-ring (bicyclic) bond motifs is 3. The van der Waals surface area contributed by atoms with E-state index in [0.717, 1.165) is 15.5 Å². The molecule has 0 spiro atoms. The van der Waals surface area contributed by atoms with Crippen molar-refractivity contribution >= 4 is 38.8 Å². The second kappa shape index (κ2) is 6.76. The van der Waals surface area contributed by atoms with Crippen LogP contribution in [-0.2, 0) is 6.54 Å². The largest absolute Gasteiger partial charge is 0.438 e. The monoisotopic (exact) mass is 434 g/mol. The second-order valence-corrected chi connectivity index (χ2v) is 7.34. The van der Waals surface area contributed by atoms with Crippen molar-refractivity contribution in [2.24, 2.45) is 0 Å². The molecule has 0 N–H and O–H groups in total. The van der Waals surface area contributed by atoms with Gasteiger partial charge < -0.3 is 9.30 Å². The predicted octanol–water partition coefficient (Wildman–Crippen LogP) is 4.65. The molecule has 2 aromatic heterocycles. The molecule has 6 nitrogen and oxygen atoms in total. The molecule has 0 radical (unpaired) electrons. The minimum absolute atomic E-state index is 0.172. The van der Waals surface area contributed by atoms with Crippen molar-refractivity contribution in [1.82, 2.24) is 14.5 Å². The number of carbonyl (C=O) groups is 1. The highest BCUT2D eigenvalue weighted by Crippen LogP contribution is 2.31. The highest BCUT2D eigenvalue weighted by atomic mass is 79.9. The molecule has 0 fully saturated rings. The standard InChI is InChI=1S/C21H15BrN4O2/c22-14-7-9-15(10-8-14)28-19-16(4-3-11-23-19)20(27)26-13-12-25-18-6-2-1-5-17(18)24-21(25)26/h1-11H,12-13H2. The Labute approximate surface area is 169 Å². The van der Waals surface area contributed by atoms with Crippen molar-refractivity contribution in [3.05, 3.63) is 76.9 Å². The molecule has 0 bridgehead atoms. The number of amides is 1. The maximum absolute atomic E-state index is 13.3. The number of para-hydroxylation sites is 2. The number of anilines is 1. The minimum atomic E-state index is -0.172. The maximum atomic E-state index is 13.3. The number of pyridine rings is 1. The highest BCUT2D eigenvalue weighted by Gasteiger charge is 2.31. The third-order valence-corrected chi connectivity index (χ3v) is 5.23. The first-order valence-electron chi connectivity index (χ1n) is 8.86. The van der Waals surface area contributed by atoms with Crippen molar-refractivity contribution < 1.29 is 9.53 Å². The summed E-state index contributed by atoms with van der Waals surface area (Å²) < 4.78 is 8.91. The fourth-order valence-corrected chi connectivity index (χ4v) is 3.64. The summed E-state index contributed by atoms with van der Waals surface area (Å²) >= 11 is 3.40. The van der Waals surface area contributed by atoms with Crippen LogP contribution in [0.1, 0.15) is 10.4 Å². The first kappa shape index (κ1) is 16.9. The van der Waals surface area contributed by atoms with Gasteiger partial charge in [0.1, 0.15) is 11.3 Å². The Hall–Kier alpha value is -3.19. The average Bonchev–Trinajstić information content (AvgIpc) is 3.29. The maximum Gasteiger partial charge on any atom is 0.266 e. The third-order valence-electron chi connectivity index (χ3n) is 4.70. The van der Waals surface area contributed by atoms with Crippen LogP contribution in [-0.4, -0.2) is 27.0 Å². The number of aromatic nitrogens is 3. The Morgan fingerprint density at radius 3 is 2.68 bits per heavy atom. The van der Waals surface area contributed by atoms with E-state index < -0.39 is 0 Å². The van der Waals surface area contributed by atoms with Crippen molar-refractivity contribution in [2.75, 3.05) is 11.4 Å². The molecule has 0 saturated carbocycles. The first-order chi connectivity index (χ1) is 13.7. The van der Waals surface area contributed by atoms with E-state index >= 15 is 0 Å². The van der Waals surface area contributed by atoms with Gasteiger partial charge >= 0.3 is 0 Å². The van der Waals surface area contributed by atoms with Crippen LogP contribution in [0.4, 0.5) is 5.95 Å². The van der Waals surface area contributed by atoms with Crippen molar-refractivity contribution in [1.29, 1.82) is 0 Å². The summed E-state index contributed by atoms with van der Waals surface area (Å²) in [6.07, 6.45) is 1.62. The van der Waals surface area contributed by atoms with Crippen LogP contribution in [0.2, 0.25) is 0 Å². The van der Waals surface area contributed by atoms with E-state index in [4.69, 9.17) is 4.74 Å². The molecule has 28 heavy (non-hydrogen) atoms. The Balaban J connectivity index is 1.49. The fraction of sp³-hybridized carbons (Fsp3) is 0.0952. The Kier molecular flexibility index (Phi) is 4.09. The summed E-state index contributed by atoms with van der Waals surface area (Å²) in [6, 6.07) is 18.8. The van der Waals surface area contributed by atoms with Gasteiger partial charge in [0, 0.05) is 23.8 Å². The lowest BCUT2D eigenvalue weighted by Gasteiger charge is -2.16.